The van der Waals surface area contributed by atoms with E-state index in [2.05, 4.69) is 5.32 Å². The second-order valence-corrected chi connectivity index (χ2v) is 8.32. The zero-order valence-electron chi connectivity index (χ0n) is 16.4. The Kier molecular flexibility index (Phi) is 5.50. The number of nitrogens with zero attached hydrogens (tertiary/aromatic N) is 3. The highest BCUT2D eigenvalue weighted by molar-refractivity contribution is 6.30. The number of nitrogens with one attached hydrogen (secondary N) is 1. The molecule has 9 heteroatoms. The van der Waals surface area contributed by atoms with Crippen LogP contribution in [0.15, 0.2) is 24.3 Å². The molecular weight excluding hydrogens is 396 g/mol. The van der Waals surface area contributed by atoms with Gasteiger partial charge in [-0.3, -0.25) is 14.5 Å². The largest absolute Gasteiger partial charge is 0.368 e. The number of carbonyl (C=O) groups is 3. The number of amides is 4. The molecule has 8 nitrogen and oxygen atoms in total. The van der Waals surface area contributed by atoms with Gasteiger partial charge in [0.1, 0.15) is 11.6 Å². The summed E-state index contributed by atoms with van der Waals surface area (Å²) < 4.78 is 5.48. The average molecular weight is 421 g/mol. The van der Waals surface area contributed by atoms with Crippen LogP contribution in [0.25, 0.3) is 0 Å². The van der Waals surface area contributed by atoms with E-state index < -0.39 is 11.6 Å². The molecule has 4 amide bonds. The third-order valence-electron chi connectivity index (χ3n) is 5.93. The minimum Gasteiger partial charge on any atom is -0.368 e. The number of imide groups is 1. The van der Waals surface area contributed by atoms with Crippen LogP contribution in [-0.2, 0) is 19.9 Å². The molecule has 3 aliphatic heterocycles. The lowest BCUT2D eigenvalue weighted by Crippen LogP contribution is -2.54. The molecule has 156 valence electrons. The van der Waals surface area contributed by atoms with Crippen molar-refractivity contribution in [2.75, 3.05) is 39.5 Å². The second-order valence-electron chi connectivity index (χ2n) is 7.88. The molecular formula is C20H25ClN4O4. The number of ether oxygens (including phenoxy) is 1. The summed E-state index contributed by atoms with van der Waals surface area (Å²) in [5.74, 6) is -0.241. The van der Waals surface area contributed by atoms with Crippen molar-refractivity contribution in [2.24, 2.45) is 0 Å². The van der Waals surface area contributed by atoms with Crippen LogP contribution in [0, 0.1) is 0 Å². The van der Waals surface area contributed by atoms with Crippen LogP contribution < -0.4 is 5.32 Å². The van der Waals surface area contributed by atoms with Crippen molar-refractivity contribution >= 4 is 29.4 Å². The molecule has 1 N–H and O–H groups in total. The Hall–Kier alpha value is -2.16. The number of benzene rings is 1. The third-order valence-corrected chi connectivity index (χ3v) is 6.18. The Labute approximate surface area is 174 Å². The fraction of sp³-hybridized carbons (Fsp3) is 0.550. The quantitative estimate of drug-likeness (QED) is 0.744. The van der Waals surface area contributed by atoms with Gasteiger partial charge in [-0.1, -0.05) is 23.7 Å². The summed E-state index contributed by atoms with van der Waals surface area (Å²) in [6.07, 6.45) is 1.40. The third kappa shape index (κ3) is 3.84. The molecule has 4 rings (SSSR count). The van der Waals surface area contributed by atoms with E-state index in [1.807, 2.05) is 9.80 Å². The zero-order chi connectivity index (χ0) is 20.6. The van der Waals surface area contributed by atoms with E-state index in [1.54, 1.807) is 31.2 Å². The first-order valence-electron chi connectivity index (χ1n) is 9.91. The Morgan fingerprint density at radius 3 is 2.52 bits per heavy atom. The molecule has 29 heavy (non-hydrogen) atoms. The molecule has 0 aliphatic carbocycles. The summed E-state index contributed by atoms with van der Waals surface area (Å²) in [7, 11) is 0. The number of rotatable bonds is 4. The first-order valence-corrected chi connectivity index (χ1v) is 10.3. The van der Waals surface area contributed by atoms with Gasteiger partial charge in [-0.2, -0.15) is 0 Å². The van der Waals surface area contributed by atoms with Gasteiger partial charge in [-0.05, 0) is 37.5 Å². The van der Waals surface area contributed by atoms with Gasteiger partial charge >= 0.3 is 6.03 Å². The molecule has 0 radical (unpaired) electrons. The van der Waals surface area contributed by atoms with Crippen LogP contribution in [0.5, 0.6) is 0 Å². The summed E-state index contributed by atoms with van der Waals surface area (Å²) in [6, 6.07) is 6.49. The molecule has 1 aromatic carbocycles. The first-order chi connectivity index (χ1) is 13.9. The predicted molar refractivity (Wildman–Crippen MR) is 106 cm³/mol. The van der Waals surface area contributed by atoms with E-state index >= 15 is 0 Å². The van der Waals surface area contributed by atoms with E-state index in [0.29, 0.717) is 43.4 Å². The summed E-state index contributed by atoms with van der Waals surface area (Å²) >= 11 is 5.94. The topological polar surface area (TPSA) is 82.2 Å². The molecule has 3 aliphatic rings. The molecule has 0 spiro atoms. The van der Waals surface area contributed by atoms with Crippen LogP contribution in [0.3, 0.4) is 0 Å². The molecule has 0 aromatic heterocycles. The lowest BCUT2D eigenvalue weighted by molar-refractivity contribution is -0.143. The molecule has 0 bridgehead atoms. The fourth-order valence-corrected chi connectivity index (χ4v) is 4.22. The van der Waals surface area contributed by atoms with Gasteiger partial charge in [0, 0.05) is 37.8 Å². The van der Waals surface area contributed by atoms with Crippen molar-refractivity contribution in [2.45, 2.75) is 31.4 Å². The molecule has 1 aromatic rings. The van der Waals surface area contributed by atoms with Gasteiger partial charge in [0.05, 0.1) is 6.67 Å². The van der Waals surface area contributed by atoms with E-state index in [4.69, 9.17) is 16.3 Å². The highest BCUT2D eigenvalue weighted by Gasteiger charge is 2.49. The molecule has 0 unspecified atom stereocenters. The number of hydrogen-bond donors (Lipinski definition) is 1. The second kappa shape index (κ2) is 7.93. The molecule has 3 saturated heterocycles. The highest BCUT2D eigenvalue weighted by Crippen LogP contribution is 2.30. The van der Waals surface area contributed by atoms with Gasteiger partial charge in [0.15, 0.2) is 0 Å². The SMILES string of the molecule is C[C@]1(c2ccc(Cl)cc2)NC(=O)N(CN2CCN(C(=O)[C@@H]3CCCO3)CC2)C1=O. The van der Waals surface area contributed by atoms with Crippen molar-refractivity contribution in [3.05, 3.63) is 34.9 Å². The van der Waals surface area contributed by atoms with Gasteiger partial charge in [0.2, 0.25) is 0 Å². The molecule has 2 atom stereocenters. The van der Waals surface area contributed by atoms with Gasteiger partial charge in [-0.15, -0.1) is 0 Å². The summed E-state index contributed by atoms with van der Waals surface area (Å²) in [4.78, 5) is 43.1. The Morgan fingerprint density at radius 1 is 1.21 bits per heavy atom. The van der Waals surface area contributed by atoms with Crippen molar-refractivity contribution < 1.29 is 19.1 Å². The van der Waals surface area contributed by atoms with Gasteiger partial charge in [-0.25, -0.2) is 9.69 Å². The normalized spacial score (nSPS) is 28.1. The summed E-state index contributed by atoms with van der Waals surface area (Å²) in [5.41, 5.74) is -0.422. The van der Waals surface area contributed by atoms with Crippen molar-refractivity contribution in [1.29, 1.82) is 0 Å². The maximum atomic E-state index is 13.0. The fourth-order valence-electron chi connectivity index (χ4n) is 4.09. The van der Waals surface area contributed by atoms with E-state index in [9.17, 15) is 14.4 Å². The Bertz CT molecular complexity index is 803. The highest BCUT2D eigenvalue weighted by atomic mass is 35.5. The van der Waals surface area contributed by atoms with Crippen molar-refractivity contribution in [3.63, 3.8) is 0 Å². The number of piperazine rings is 1. The maximum Gasteiger partial charge on any atom is 0.326 e. The van der Waals surface area contributed by atoms with Crippen LogP contribution in [0.2, 0.25) is 5.02 Å². The summed E-state index contributed by atoms with van der Waals surface area (Å²) in [5, 5.41) is 3.38. The zero-order valence-corrected chi connectivity index (χ0v) is 17.2. The molecule has 0 saturated carbocycles. The maximum absolute atomic E-state index is 13.0. The minimum absolute atomic E-state index is 0.0486. The van der Waals surface area contributed by atoms with E-state index in [-0.39, 0.29) is 24.6 Å². The lowest BCUT2D eigenvalue weighted by atomic mass is 9.92. The van der Waals surface area contributed by atoms with Crippen LogP contribution in [0.1, 0.15) is 25.3 Å². The summed E-state index contributed by atoms with van der Waals surface area (Å²) in [6.45, 7) is 4.90. The van der Waals surface area contributed by atoms with Crippen LogP contribution in [-0.4, -0.2) is 78.1 Å². The van der Waals surface area contributed by atoms with Crippen molar-refractivity contribution in [3.8, 4) is 0 Å². The van der Waals surface area contributed by atoms with Crippen LogP contribution >= 0.6 is 11.6 Å². The number of urea groups is 1. The van der Waals surface area contributed by atoms with Crippen molar-refractivity contribution in [1.82, 2.24) is 20.0 Å². The molecule has 3 heterocycles. The Balaban J connectivity index is 1.36. The number of halogens is 1. The molecule has 3 fully saturated rings. The first kappa shape index (κ1) is 20.1. The average Bonchev–Trinajstić information content (AvgIpc) is 3.32. The Morgan fingerprint density at radius 2 is 1.90 bits per heavy atom. The standard InChI is InChI=1S/C20H25ClN4O4/c1-20(14-4-6-15(21)7-5-14)18(27)25(19(28)22-20)13-23-8-10-24(11-9-23)17(26)16-3-2-12-29-16/h4-7,16H,2-3,8-13H2,1H3,(H,22,28)/t16-,20+/m0/s1. The minimum atomic E-state index is -1.11. The monoisotopic (exact) mass is 420 g/mol. The van der Waals surface area contributed by atoms with Gasteiger partial charge < -0.3 is 15.0 Å². The van der Waals surface area contributed by atoms with Gasteiger partial charge in [0.25, 0.3) is 11.8 Å². The van der Waals surface area contributed by atoms with Crippen LogP contribution in [0.4, 0.5) is 4.79 Å². The predicted octanol–water partition coefficient (Wildman–Crippen LogP) is 1.39. The number of hydrogen-bond acceptors (Lipinski definition) is 5. The van der Waals surface area contributed by atoms with E-state index in [0.717, 1.165) is 12.8 Å². The lowest BCUT2D eigenvalue weighted by Gasteiger charge is -2.36. The number of carbonyl (C=O) groups excluding carboxylic acids is 3. The smallest absolute Gasteiger partial charge is 0.326 e. The van der Waals surface area contributed by atoms with E-state index in [1.165, 1.54) is 4.90 Å².